The van der Waals surface area contributed by atoms with Crippen molar-refractivity contribution in [2.45, 2.75) is 32.0 Å². The van der Waals surface area contributed by atoms with Gasteiger partial charge in [-0.3, -0.25) is 4.90 Å². The monoisotopic (exact) mass is 574 g/mol. The number of aromatic nitrogens is 6. The summed E-state index contributed by atoms with van der Waals surface area (Å²) in [5.41, 5.74) is 5.03. The molecule has 12 heteroatoms. The molecule has 2 aliphatic rings. The number of hydrogen-bond donors (Lipinski definition) is 1. The molecule has 0 bridgehead atoms. The average Bonchev–Trinajstić information content (AvgIpc) is 3.47. The molecule has 0 saturated carbocycles. The highest BCUT2D eigenvalue weighted by molar-refractivity contribution is 6.32. The normalized spacial score (nSPS) is 16.5. The van der Waals surface area contributed by atoms with Crippen molar-refractivity contribution in [3.8, 4) is 22.6 Å². The molecule has 0 radical (unpaired) electrons. The van der Waals surface area contributed by atoms with Gasteiger partial charge in [-0.25, -0.2) is 14.6 Å². The van der Waals surface area contributed by atoms with E-state index in [1.165, 1.54) is 5.57 Å². The summed E-state index contributed by atoms with van der Waals surface area (Å²) in [5.74, 6) is 1.76. The van der Waals surface area contributed by atoms with Gasteiger partial charge in [0, 0.05) is 31.0 Å². The molecule has 212 valence electrons. The van der Waals surface area contributed by atoms with Gasteiger partial charge >= 0.3 is 0 Å². The van der Waals surface area contributed by atoms with Gasteiger partial charge in [0.05, 0.1) is 43.6 Å². The summed E-state index contributed by atoms with van der Waals surface area (Å²) in [6, 6.07) is 12.3. The third kappa shape index (κ3) is 6.32. The molecule has 2 aromatic heterocycles. The molecule has 1 atom stereocenters. The Hall–Kier alpha value is -4.06. The Balaban J connectivity index is 1.14. The second-order valence-electron chi connectivity index (χ2n) is 10.1. The van der Waals surface area contributed by atoms with Gasteiger partial charge in [-0.15, -0.1) is 5.10 Å². The first-order chi connectivity index (χ1) is 20.1. The van der Waals surface area contributed by atoms with E-state index in [4.69, 9.17) is 25.8 Å². The van der Waals surface area contributed by atoms with Crippen molar-refractivity contribution in [1.29, 1.82) is 0 Å². The quantitative estimate of drug-likeness (QED) is 0.291. The predicted molar refractivity (Wildman–Crippen MR) is 155 cm³/mol. The molecule has 0 spiro atoms. The standard InChI is InChI=1S/C29H31ClN8O3/c1-19(15-38-18-33-35-36-38)41-28-12-22(3-5-25(28)30)23-13-31-29(32-14-23)34-26-11-21(4-6-27(26)39-2)20-7-9-37(10-8-20)24-16-40-17-24/h3-7,11-14,18-19,24H,8-10,15-17H2,1-2H3,(H,31,32,34)/t19-/m0/s1. The van der Waals surface area contributed by atoms with Crippen molar-refractivity contribution < 1.29 is 14.2 Å². The molecule has 0 unspecified atom stereocenters. The van der Waals surface area contributed by atoms with Gasteiger partial charge in [-0.2, -0.15) is 0 Å². The summed E-state index contributed by atoms with van der Waals surface area (Å²) in [6.45, 7) is 6.09. The lowest BCUT2D eigenvalue weighted by Gasteiger charge is -2.38. The van der Waals surface area contributed by atoms with Crippen molar-refractivity contribution in [3.63, 3.8) is 0 Å². The molecule has 6 rings (SSSR count). The van der Waals surface area contributed by atoms with E-state index in [0.29, 0.717) is 29.3 Å². The van der Waals surface area contributed by atoms with Crippen LogP contribution in [0, 0.1) is 0 Å². The van der Waals surface area contributed by atoms with E-state index in [-0.39, 0.29) is 6.10 Å². The lowest BCUT2D eigenvalue weighted by Crippen LogP contribution is -2.50. The fraction of sp³-hybridized carbons (Fsp3) is 0.345. The van der Waals surface area contributed by atoms with Gasteiger partial charge in [0.15, 0.2) is 0 Å². The molecule has 2 aliphatic heterocycles. The van der Waals surface area contributed by atoms with Crippen LogP contribution in [0.1, 0.15) is 18.9 Å². The Morgan fingerprint density at radius 3 is 2.59 bits per heavy atom. The second kappa shape index (κ2) is 12.2. The van der Waals surface area contributed by atoms with Gasteiger partial charge in [-0.1, -0.05) is 29.8 Å². The number of anilines is 2. The lowest BCUT2D eigenvalue weighted by atomic mass is 9.97. The SMILES string of the molecule is COc1ccc(C2=CCN(C3COC3)CC2)cc1Nc1ncc(-c2ccc(Cl)c(O[C@@H](C)Cn3cnnn3)c2)cn1. The Labute approximate surface area is 243 Å². The van der Waals surface area contributed by atoms with E-state index in [9.17, 15) is 0 Å². The first kappa shape index (κ1) is 27.1. The summed E-state index contributed by atoms with van der Waals surface area (Å²) >= 11 is 6.42. The maximum absolute atomic E-state index is 6.42. The highest BCUT2D eigenvalue weighted by Crippen LogP contribution is 2.34. The van der Waals surface area contributed by atoms with E-state index in [1.807, 2.05) is 25.1 Å². The van der Waals surface area contributed by atoms with Crippen LogP contribution in [-0.2, 0) is 11.3 Å². The summed E-state index contributed by atoms with van der Waals surface area (Å²) < 4.78 is 18.6. The summed E-state index contributed by atoms with van der Waals surface area (Å²) in [7, 11) is 1.66. The lowest BCUT2D eigenvalue weighted by molar-refractivity contribution is -0.0612. The minimum Gasteiger partial charge on any atom is -0.495 e. The number of rotatable bonds is 10. The highest BCUT2D eigenvalue weighted by atomic mass is 35.5. The Kier molecular flexibility index (Phi) is 8.08. The van der Waals surface area contributed by atoms with Crippen LogP contribution in [0.15, 0.2) is 61.2 Å². The van der Waals surface area contributed by atoms with E-state index >= 15 is 0 Å². The van der Waals surface area contributed by atoms with E-state index < -0.39 is 0 Å². The number of nitrogens with one attached hydrogen (secondary N) is 1. The van der Waals surface area contributed by atoms with Crippen LogP contribution in [0.2, 0.25) is 5.02 Å². The molecule has 4 aromatic rings. The molecule has 1 N–H and O–H groups in total. The zero-order chi connectivity index (χ0) is 28.2. The summed E-state index contributed by atoms with van der Waals surface area (Å²) in [6.07, 6.45) is 8.20. The van der Waals surface area contributed by atoms with Crippen LogP contribution in [0.3, 0.4) is 0 Å². The van der Waals surface area contributed by atoms with Crippen LogP contribution >= 0.6 is 11.6 Å². The Morgan fingerprint density at radius 1 is 1.07 bits per heavy atom. The van der Waals surface area contributed by atoms with Gasteiger partial charge in [0.2, 0.25) is 5.95 Å². The van der Waals surface area contributed by atoms with Crippen molar-refractivity contribution in [2.24, 2.45) is 0 Å². The smallest absolute Gasteiger partial charge is 0.227 e. The second-order valence-corrected chi connectivity index (χ2v) is 10.5. The number of nitrogens with zero attached hydrogens (tertiary/aromatic N) is 7. The fourth-order valence-electron chi connectivity index (χ4n) is 4.93. The largest absolute Gasteiger partial charge is 0.495 e. The van der Waals surface area contributed by atoms with E-state index in [2.05, 4.69) is 53.9 Å². The van der Waals surface area contributed by atoms with Gasteiger partial charge in [0.1, 0.15) is 23.9 Å². The minimum absolute atomic E-state index is 0.194. The van der Waals surface area contributed by atoms with Crippen molar-refractivity contribution in [1.82, 2.24) is 35.1 Å². The zero-order valence-corrected chi connectivity index (χ0v) is 23.7. The van der Waals surface area contributed by atoms with Gasteiger partial charge in [0.25, 0.3) is 0 Å². The summed E-state index contributed by atoms with van der Waals surface area (Å²) in [5, 5.41) is 15.0. The Bertz CT molecular complexity index is 1510. The molecule has 41 heavy (non-hydrogen) atoms. The minimum atomic E-state index is -0.194. The molecular formula is C29H31ClN8O3. The maximum atomic E-state index is 6.42. The first-order valence-corrected chi connectivity index (χ1v) is 13.9. The fourth-order valence-corrected chi connectivity index (χ4v) is 5.10. The maximum Gasteiger partial charge on any atom is 0.227 e. The number of halogens is 1. The zero-order valence-electron chi connectivity index (χ0n) is 22.9. The topological polar surface area (TPSA) is 112 Å². The average molecular weight is 575 g/mol. The van der Waals surface area contributed by atoms with Crippen molar-refractivity contribution >= 4 is 28.8 Å². The van der Waals surface area contributed by atoms with Crippen LogP contribution in [0.5, 0.6) is 11.5 Å². The number of tetrazole rings is 1. The number of hydrogen-bond acceptors (Lipinski definition) is 10. The molecule has 4 heterocycles. The Morgan fingerprint density at radius 2 is 1.90 bits per heavy atom. The molecule has 0 aliphatic carbocycles. The molecule has 11 nitrogen and oxygen atoms in total. The molecule has 1 saturated heterocycles. The third-order valence-corrected chi connectivity index (χ3v) is 7.59. The first-order valence-electron chi connectivity index (χ1n) is 13.5. The molecule has 1 fully saturated rings. The third-order valence-electron chi connectivity index (χ3n) is 7.27. The van der Waals surface area contributed by atoms with Gasteiger partial charge < -0.3 is 19.5 Å². The van der Waals surface area contributed by atoms with Crippen LogP contribution < -0.4 is 14.8 Å². The van der Waals surface area contributed by atoms with Gasteiger partial charge in [-0.05, 0) is 64.7 Å². The van der Waals surface area contributed by atoms with Crippen LogP contribution in [0.4, 0.5) is 11.6 Å². The van der Waals surface area contributed by atoms with Crippen molar-refractivity contribution in [2.75, 3.05) is 38.7 Å². The molecule has 2 aromatic carbocycles. The predicted octanol–water partition coefficient (Wildman–Crippen LogP) is 4.49. The van der Waals surface area contributed by atoms with Crippen molar-refractivity contribution in [3.05, 3.63) is 71.8 Å². The summed E-state index contributed by atoms with van der Waals surface area (Å²) in [4.78, 5) is 11.6. The number of ether oxygens (including phenoxy) is 3. The number of benzene rings is 2. The highest BCUT2D eigenvalue weighted by Gasteiger charge is 2.27. The van der Waals surface area contributed by atoms with E-state index in [1.54, 1.807) is 36.6 Å². The van der Waals surface area contributed by atoms with Crippen LogP contribution in [-0.4, -0.2) is 80.6 Å². The molecular weight excluding hydrogens is 544 g/mol. The number of methoxy groups -OCH3 is 1. The van der Waals surface area contributed by atoms with Crippen LogP contribution in [0.25, 0.3) is 16.7 Å². The molecule has 0 amide bonds. The van der Waals surface area contributed by atoms with E-state index in [0.717, 1.165) is 60.9 Å².